The molecule has 0 saturated heterocycles. The summed E-state index contributed by atoms with van der Waals surface area (Å²) in [6.07, 6.45) is 2.34. The monoisotopic (exact) mass is 175 g/mol. The molecule has 2 heteroatoms. The van der Waals surface area contributed by atoms with Crippen LogP contribution in [0.5, 0.6) is 5.75 Å². The molecular weight excluding hydrogens is 163 g/mol. The second-order valence-electron chi connectivity index (χ2n) is 2.56. The molecule has 1 aromatic rings. The van der Waals surface area contributed by atoms with Crippen molar-refractivity contribution in [2.75, 3.05) is 6.61 Å². The van der Waals surface area contributed by atoms with E-state index in [-0.39, 0.29) is 54.2 Å². The average molecular weight is 175 g/mol. The Balaban J connectivity index is 0. The molecular formula is C9H12KO+. The van der Waals surface area contributed by atoms with Gasteiger partial charge in [-0.1, -0.05) is 18.2 Å². The smallest absolute Gasteiger partial charge is 1.00 e. The van der Waals surface area contributed by atoms with Crippen LogP contribution < -0.4 is 56.1 Å². The normalized spacial score (nSPS) is 14.2. The summed E-state index contributed by atoms with van der Waals surface area (Å²) in [6.45, 7) is 0.886. The van der Waals surface area contributed by atoms with Crippen molar-refractivity contribution >= 4 is 0 Å². The predicted octanol–water partition coefficient (Wildman–Crippen LogP) is -0.759. The van der Waals surface area contributed by atoms with Crippen molar-refractivity contribution in [3.63, 3.8) is 0 Å². The molecule has 0 saturated carbocycles. The molecule has 1 aliphatic rings. The van der Waals surface area contributed by atoms with Gasteiger partial charge in [0, 0.05) is 0 Å². The summed E-state index contributed by atoms with van der Waals surface area (Å²) >= 11 is 0. The molecule has 0 bridgehead atoms. The molecule has 0 radical (unpaired) electrons. The van der Waals surface area contributed by atoms with E-state index in [9.17, 15) is 0 Å². The third-order valence-electron chi connectivity index (χ3n) is 1.82. The van der Waals surface area contributed by atoms with Crippen molar-refractivity contribution in [1.29, 1.82) is 0 Å². The minimum atomic E-state index is 0. The fraction of sp³-hybridized carbons (Fsp3) is 0.333. The number of para-hydroxylation sites is 1. The number of aryl methyl sites for hydroxylation is 1. The van der Waals surface area contributed by atoms with Crippen LogP contribution in [0.3, 0.4) is 0 Å². The summed E-state index contributed by atoms with van der Waals surface area (Å²) < 4.78 is 5.42. The summed E-state index contributed by atoms with van der Waals surface area (Å²) in [5.74, 6) is 1.08. The number of hydrogen-bond acceptors (Lipinski definition) is 1. The zero-order chi connectivity index (χ0) is 6.81. The van der Waals surface area contributed by atoms with Crippen LogP contribution in [0.2, 0.25) is 0 Å². The predicted molar refractivity (Wildman–Crippen MR) is 42.5 cm³/mol. The minimum absolute atomic E-state index is 0. The van der Waals surface area contributed by atoms with Gasteiger partial charge in [-0.3, -0.25) is 0 Å². The van der Waals surface area contributed by atoms with Gasteiger partial charge in [0.05, 0.1) is 6.61 Å². The van der Waals surface area contributed by atoms with E-state index >= 15 is 0 Å². The van der Waals surface area contributed by atoms with Gasteiger partial charge in [0.1, 0.15) is 5.75 Å². The van der Waals surface area contributed by atoms with E-state index in [4.69, 9.17) is 4.74 Å². The molecule has 0 atom stereocenters. The van der Waals surface area contributed by atoms with Crippen LogP contribution in [0.15, 0.2) is 24.3 Å². The van der Waals surface area contributed by atoms with Crippen molar-refractivity contribution in [2.24, 2.45) is 0 Å². The van der Waals surface area contributed by atoms with Gasteiger partial charge in [-0.15, -0.1) is 0 Å². The molecule has 0 N–H and O–H groups in total. The third kappa shape index (κ3) is 2.29. The van der Waals surface area contributed by atoms with Crippen LogP contribution in [0.1, 0.15) is 14.8 Å². The Hall–Kier alpha value is 0.656. The zero-order valence-electron chi connectivity index (χ0n) is 8.84. The quantitative estimate of drug-likeness (QED) is 0.471. The summed E-state index contributed by atoms with van der Waals surface area (Å²) in [4.78, 5) is 0. The molecule has 0 unspecified atom stereocenters. The van der Waals surface area contributed by atoms with Gasteiger partial charge >= 0.3 is 52.8 Å². The molecule has 0 fully saturated rings. The van der Waals surface area contributed by atoms with Gasteiger partial charge in [-0.2, -0.15) is 0 Å². The maximum absolute atomic E-state index is 5.42. The maximum Gasteiger partial charge on any atom is 1.00 e. The number of rotatable bonds is 0. The Labute approximate surface area is 113 Å². The van der Waals surface area contributed by atoms with Crippen molar-refractivity contribution in [1.82, 2.24) is 0 Å². The van der Waals surface area contributed by atoms with Crippen molar-refractivity contribution in [2.45, 2.75) is 12.8 Å². The van der Waals surface area contributed by atoms with Gasteiger partial charge in [-0.05, 0) is 24.5 Å². The average Bonchev–Trinajstić information content (AvgIpc) is 2.05. The van der Waals surface area contributed by atoms with Crippen LogP contribution in [0, 0.1) is 0 Å². The van der Waals surface area contributed by atoms with E-state index < -0.39 is 0 Å². The van der Waals surface area contributed by atoms with Gasteiger partial charge in [0.2, 0.25) is 0 Å². The molecule has 1 heterocycles. The Morgan fingerprint density at radius 1 is 1.36 bits per heavy atom. The Morgan fingerprint density at radius 3 is 3.00 bits per heavy atom. The van der Waals surface area contributed by atoms with Crippen LogP contribution in [0.25, 0.3) is 0 Å². The molecule has 2 rings (SSSR count). The summed E-state index contributed by atoms with van der Waals surface area (Å²) in [7, 11) is 0. The molecule has 0 aliphatic carbocycles. The molecule has 0 aromatic heterocycles. The van der Waals surface area contributed by atoms with E-state index in [1.165, 1.54) is 12.0 Å². The van der Waals surface area contributed by atoms with Crippen LogP contribution in [-0.2, 0) is 6.42 Å². The Kier molecular flexibility index (Phi) is 4.10. The van der Waals surface area contributed by atoms with Gasteiger partial charge < -0.3 is 6.16 Å². The van der Waals surface area contributed by atoms with Crippen LogP contribution in [-0.4, -0.2) is 6.61 Å². The first-order valence-electron chi connectivity index (χ1n) is 3.67. The SMILES string of the molecule is [H+].[H-].[K+].c1ccc2c(c1)CCCO2. The maximum atomic E-state index is 5.42. The van der Waals surface area contributed by atoms with Crippen molar-refractivity contribution < 1.29 is 59.0 Å². The van der Waals surface area contributed by atoms with E-state index in [1.807, 2.05) is 12.1 Å². The van der Waals surface area contributed by atoms with Crippen LogP contribution >= 0.6 is 0 Å². The van der Waals surface area contributed by atoms with Gasteiger partial charge in [0.15, 0.2) is 0 Å². The fourth-order valence-corrected chi connectivity index (χ4v) is 1.30. The molecule has 54 valence electrons. The van der Waals surface area contributed by atoms with E-state index in [0.717, 1.165) is 18.8 Å². The number of ether oxygens (including phenoxy) is 1. The standard InChI is InChI=1S/C9H10O.K.H/c1-2-6-9-8(4-1)5-3-7-10-9;;/h1-2,4,6H,3,5,7H2;;/q;+1;-1/p+1. The summed E-state index contributed by atoms with van der Waals surface area (Å²) in [5, 5.41) is 0. The Bertz CT molecular complexity index is 218. The minimum Gasteiger partial charge on any atom is -1.00 e. The molecule has 0 amide bonds. The number of hydrogen-bond donors (Lipinski definition) is 0. The first-order valence-corrected chi connectivity index (χ1v) is 3.67. The zero-order valence-corrected chi connectivity index (χ0v) is 9.96. The first-order chi connectivity index (χ1) is 4.97. The number of fused-ring (bicyclic) bond motifs is 1. The van der Waals surface area contributed by atoms with Crippen molar-refractivity contribution in [3.05, 3.63) is 29.8 Å². The second kappa shape index (κ2) is 4.63. The largest absolute Gasteiger partial charge is 1.00 e. The molecule has 0 spiro atoms. The summed E-state index contributed by atoms with van der Waals surface area (Å²) in [6, 6.07) is 8.25. The summed E-state index contributed by atoms with van der Waals surface area (Å²) in [5.41, 5.74) is 1.36. The van der Waals surface area contributed by atoms with Crippen molar-refractivity contribution in [3.8, 4) is 5.75 Å². The molecule has 11 heavy (non-hydrogen) atoms. The number of benzene rings is 1. The fourth-order valence-electron chi connectivity index (χ4n) is 1.30. The van der Waals surface area contributed by atoms with Gasteiger partial charge in [0.25, 0.3) is 0 Å². The van der Waals surface area contributed by atoms with E-state index in [1.54, 1.807) is 0 Å². The third-order valence-corrected chi connectivity index (χ3v) is 1.82. The van der Waals surface area contributed by atoms with Crippen LogP contribution in [0.4, 0.5) is 0 Å². The molecule has 1 aromatic carbocycles. The second-order valence-corrected chi connectivity index (χ2v) is 2.56. The van der Waals surface area contributed by atoms with E-state index in [2.05, 4.69) is 12.1 Å². The van der Waals surface area contributed by atoms with Gasteiger partial charge in [-0.25, -0.2) is 0 Å². The molecule has 1 nitrogen and oxygen atoms in total. The topological polar surface area (TPSA) is 9.23 Å². The Morgan fingerprint density at radius 2 is 2.18 bits per heavy atom. The van der Waals surface area contributed by atoms with E-state index in [0.29, 0.717) is 0 Å². The molecule has 1 aliphatic heterocycles. The first kappa shape index (κ1) is 9.74.